The highest BCUT2D eigenvalue weighted by atomic mass is 16.6. The van der Waals surface area contributed by atoms with Crippen LogP contribution in [0.2, 0.25) is 0 Å². The summed E-state index contributed by atoms with van der Waals surface area (Å²) >= 11 is 0. The van der Waals surface area contributed by atoms with Gasteiger partial charge in [-0.2, -0.15) is 4.98 Å². The summed E-state index contributed by atoms with van der Waals surface area (Å²) in [6, 6.07) is 6.82. The van der Waals surface area contributed by atoms with Gasteiger partial charge in [0.25, 0.3) is 0 Å². The van der Waals surface area contributed by atoms with Gasteiger partial charge >= 0.3 is 11.6 Å². The van der Waals surface area contributed by atoms with E-state index in [-0.39, 0.29) is 17.4 Å². The molecule has 0 unspecified atom stereocenters. The second-order valence-electron chi connectivity index (χ2n) is 5.33. The number of aromatic nitrogens is 2. The Morgan fingerprint density at radius 1 is 1.04 bits per heavy atom. The number of para-hydroxylation sites is 2. The maximum atomic E-state index is 11.8. The smallest absolute Gasteiger partial charge is 0.373 e. The summed E-state index contributed by atoms with van der Waals surface area (Å²) in [5.74, 6) is 0.707. The number of hydrogen-bond donors (Lipinski definition) is 0. The molecule has 0 bridgehead atoms. The van der Waals surface area contributed by atoms with Crippen LogP contribution in [0.15, 0.2) is 30.6 Å². The van der Waals surface area contributed by atoms with Crippen molar-refractivity contribution in [2.45, 2.75) is 0 Å². The fourth-order valence-corrected chi connectivity index (χ4v) is 2.35. The Balaban J connectivity index is 2.44. The molecule has 27 heavy (non-hydrogen) atoms. The van der Waals surface area contributed by atoms with E-state index in [9.17, 15) is 10.1 Å². The van der Waals surface area contributed by atoms with E-state index in [4.69, 9.17) is 18.9 Å². The van der Waals surface area contributed by atoms with Gasteiger partial charge < -0.3 is 23.8 Å². The summed E-state index contributed by atoms with van der Waals surface area (Å²) in [4.78, 5) is 21.0. The number of nitrogens with zero attached hydrogens (tertiary/aromatic N) is 4. The van der Waals surface area contributed by atoms with Crippen molar-refractivity contribution < 1.29 is 23.9 Å². The Morgan fingerprint density at radius 3 is 2.22 bits per heavy atom. The van der Waals surface area contributed by atoms with Crippen LogP contribution in [0.4, 0.5) is 11.5 Å². The first kappa shape index (κ1) is 20.3. The van der Waals surface area contributed by atoms with E-state index in [1.54, 1.807) is 43.4 Å². The van der Waals surface area contributed by atoms with Gasteiger partial charge in [-0.1, -0.05) is 12.1 Å². The number of nitro groups is 1. The van der Waals surface area contributed by atoms with E-state index in [0.29, 0.717) is 37.8 Å². The van der Waals surface area contributed by atoms with Crippen LogP contribution in [0.1, 0.15) is 0 Å². The molecule has 0 aliphatic heterocycles. The molecule has 0 amide bonds. The fraction of sp³-hybridized carbons (Fsp3) is 0.412. The third-order valence-corrected chi connectivity index (χ3v) is 3.66. The SMILES string of the molecule is COCCN(CCOC)c1ncnc(Oc2ccccc2OC)c1[N+](=O)[O-]. The van der Waals surface area contributed by atoms with Crippen molar-refractivity contribution >= 4 is 11.5 Å². The van der Waals surface area contributed by atoms with Crippen LogP contribution in [-0.4, -0.2) is 62.5 Å². The van der Waals surface area contributed by atoms with Crippen LogP contribution in [0, 0.1) is 10.1 Å². The molecule has 0 atom stereocenters. The number of anilines is 1. The molecule has 0 radical (unpaired) electrons. The number of methoxy groups -OCH3 is 3. The third kappa shape index (κ3) is 5.25. The lowest BCUT2D eigenvalue weighted by molar-refractivity contribution is -0.385. The molecule has 0 saturated heterocycles. The monoisotopic (exact) mass is 378 g/mol. The first-order chi connectivity index (χ1) is 13.1. The Morgan fingerprint density at radius 2 is 1.67 bits per heavy atom. The van der Waals surface area contributed by atoms with Gasteiger partial charge in [0.15, 0.2) is 11.5 Å². The fourth-order valence-electron chi connectivity index (χ4n) is 2.35. The average Bonchev–Trinajstić information content (AvgIpc) is 2.68. The van der Waals surface area contributed by atoms with Gasteiger partial charge in [-0.15, -0.1) is 0 Å². The highest BCUT2D eigenvalue weighted by molar-refractivity contribution is 5.63. The van der Waals surface area contributed by atoms with E-state index in [0.717, 1.165) is 0 Å². The molecule has 0 spiro atoms. The Kier molecular flexibility index (Phi) is 7.71. The van der Waals surface area contributed by atoms with Crippen molar-refractivity contribution in [3.05, 3.63) is 40.7 Å². The molecular formula is C17H22N4O6. The summed E-state index contributed by atoms with van der Waals surface area (Å²) in [6.07, 6.45) is 1.22. The van der Waals surface area contributed by atoms with Gasteiger partial charge in [0.05, 0.1) is 25.2 Å². The van der Waals surface area contributed by atoms with Crippen LogP contribution >= 0.6 is 0 Å². The Bertz CT molecular complexity index is 750. The zero-order valence-electron chi connectivity index (χ0n) is 15.5. The van der Waals surface area contributed by atoms with Crippen LogP contribution < -0.4 is 14.4 Å². The van der Waals surface area contributed by atoms with Gasteiger partial charge in [-0.05, 0) is 12.1 Å². The maximum absolute atomic E-state index is 11.8. The molecule has 2 rings (SSSR count). The topological polar surface area (TPSA) is 109 Å². The molecule has 0 saturated carbocycles. The highest BCUT2D eigenvalue weighted by Crippen LogP contribution is 2.38. The van der Waals surface area contributed by atoms with Crippen LogP contribution in [-0.2, 0) is 9.47 Å². The van der Waals surface area contributed by atoms with E-state index < -0.39 is 4.92 Å². The summed E-state index contributed by atoms with van der Waals surface area (Å²) in [6.45, 7) is 1.53. The largest absolute Gasteiger partial charge is 0.493 e. The lowest BCUT2D eigenvalue weighted by atomic mass is 10.3. The van der Waals surface area contributed by atoms with Crippen molar-refractivity contribution in [1.82, 2.24) is 9.97 Å². The summed E-state index contributed by atoms with van der Waals surface area (Å²) in [5, 5.41) is 11.8. The lowest BCUT2D eigenvalue weighted by Gasteiger charge is -2.23. The zero-order valence-corrected chi connectivity index (χ0v) is 15.5. The third-order valence-electron chi connectivity index (χ3n) is 3.66. The first-order valence-electron chi connectivity index (χ1n) is 8.15. The van der Waals surface area contributed by atoms with Crippen molar-refractivity contribution in [3.63, 3.8) is 0 Å². The standard InChI is InChI=1S/C17H22N4O6/c1-24-10-8-20(9-11-25-2)16-15(21(22)23)17(19-12-18-16)27-14-7-5-4-6-13(14)26-3/h4-7,12H,8-11H2,1-3H3. The molecule has 1 heterocycles. The predicted molar refractivity (Wildman–Crippen MR) is 97.7 cm³/mol. The molecular weight excluding hydrogens is 356 g/mol. The average molecular weight is 378 g/mol. The second-order valence-corrected chi connectivity index (χ2v) is 5.33. The van der Waals surface area contributed by atoms with Gasteiger partial charge in [0.2, 0.25) is 5.82 Å². The summed E-state index contributed by atoms with van der Waals surface area (Å²) in [7, 11) is 4.59. The highest BCUT2D eigenvalue weighted by Gasteiger charge is 2.29. The normalized spacial score (nSPS) is 10.5. The zero-order chi connectivity index (χ0) is 19.6. The minimum absolute atomic E-state index is 0.133. The summed E-state index contributed by atoms with van der Waals surface area (Å²) < 4.78 is 21.1. The van der Waals surface area contributed by atoms with E-state index in [1.165, 1.54) is 13.4 Å². The molecule has 1 aromatic heterocycles. The number of benzene rings is 1. The molecule has 10 nitrogen and oxygen atoms in total. The van der Waals surface area contributed by atoms with E-state index >= 15 is 0 Å². The maximum Gasteiger partial charge on any atom is 0.373 e. The van der Waals surface area contributed by atoms with Gasteiger partial charge in [0.1, 0.15) is 6.33 Å². The molecule has 0 N–H and O–H groups in total. The molecule has 146 valence electrons. The summed E-state index contributed by atoms with van der Waals surface area (Å²) in [5.41, 5.74) is -0.337. The van der Waals surface area contributed by atoms with Gasteiger partial charge in [-0.25, -0.2) is 4.98 Å². The predicted octanol–water partition coefficient (Wildman–Crippen LogP) is 2.28. The Labute approximate surface area is 156 Å². The van der Waals surface area contributed by atoms with E-state index in [1.807, 2.05) is 0 Å². The van der Waals surface area contributed by atoms with Crippen molar-refractivity contribution in [2.24, 2.45) is 0 Å². The molecule has 1 aromatic carbocycles. The molecule has 0 aliphatic rings. The quantitative estimate of drug-likeness (QED) is 0.429. The Hall–Kier alpha value is -2.98. The lowest BCUT2D eigenvalue weighted by Crippen LogP contribution is -2.32. The van der Waals surface area contributed by atoms with Gasteiger partial charge in [0, 0.05) is 27.3 Å². The minimum atomic E-state index is -0.563. The van der Waals surface area contributed by atoms with Crippen molar-refractivity contribution in [1.29, 1.82) is 0 Å². The van der Waals surface area contributed by atoms with Crippen molar-refractivity contribution in [3.8, 4) is 17.4 Å². The minimum Gasteiger partial charge on any atom is -0.493 e. The number of rotatable bonds is 11. The van der Waals surface area contributed by atoms with Crippen LogP contribution in [0.25, 0.3) is 0 Å². The number of hydrogen-bond acceptors (Lipinski definition) is 9. The van der Waals surface area contributed by atoms with Crippen LogP contribution in [0.5, 0.6) is 17.4 Å². The number of ether oxygens (including phenoxy) is 4. The molecule has 0 fully saturated rings. The molecule has 10 heteroatoms. The van der Waals surface area contributed by atoms with E-state index in [2.05, 4.69) is 9.97 Å². The van der Waals surface area contributed by atoms with Crippen LogP contribution in [0.3, 0.4) is 0 Å². The van der Waals surface area contributed by atoms with Gasteiger partial charge in [-0.3, -0.25) is 10.1 Å². The molecule has 0 aliphatic carbocycles. The first-order valence-corrected chi connectivity index (χ1v) is 8.15. The van der Waals surface area contributed by atoms with Crippen molar-refractivity contribution in [2.75, 3.05) is 52.5 Å². The second kappa shape index (κ2) is 10.2. The molecule has 2 aromatic rings.